The predicted molar refractivity (Wildman–Crippen MR) is 589 cm³/mol. The maximum atomic E-state index is 13.4. The van der Waals surface area contributed by atoms with Gasteiger partial charge in [-0.05, 0) is 311 Å². The van der Waals surface area contributed by atoms with E-state index in [-0.39, 0.29) is 39.1 Å². The van der Waals surface area contributed by atoms with E-state index in [1.54, 1.807) is 149 Å². The third-order valence-corrected chi connectivity index (χ3v) is 35.0. The highest BCUT2D eigenvalue weighted by Gasteiger charge is 2.28. The van der Waals surface area contributed by atoms with Gasteiger partial charge >= 0.3 is 24.1 Å². The first kappa shape index (κ1) is 108. The first-order chi connectivity index (χ1) is 70.6. The Morgan fingerprint density at radius 2 is 0.601 bits per heavy atom. The number of nitrogens with one attached hydrogen (secondary N) is 12. The van der Waals surface area contributed by atoms with Crippen LogP contribution in [0.1, 0.15) is 68.7 Å². The fourth-order valence-electron chi connectivity index (χ4n) is 15.5. The number of urea groups is 4. The number of carbonyl (C=O) groups excluding carboxylic acids is 4. The number of hydrogen-bond donors (Lipinski definition) is 12. The smallest absolute Gasteiger partial charge is 0.333 e. The van der Waals surface area contributed by atoms with Crippen LogP contribution in [0.3, 0.4) is 0 Å². The lowest BCUT2D eigenvalue weighted by Crippen LogP contribution is -2.34. The Kier molecular flexibility index (Phi) is 34.9. The van der Waals surface area contributed by atoms with E-state index in [9.17, 15) is 72.0 Å². The van der Waals surface area contributed by atoms with Crippen LogP contribution in [-0.4, -0.2) is 172 Å². The number of carbonyl (C=O) groups is 4. The van der Waals surface area contributed by atoms with Crippen molar-refractivity contribution in [3.8, 4) is 22.7 Å². The number of halogens is 4. The minimum atomic E-state index is -4.04. The summed E-state index contributed by atoms with van der Waals surface area (Å²) in [6.07, 6.45) is 7.33. The topological polar surface area (TPSA) is 495 Å². The fraction of sp³-hybridized carbons (Fsp3) is 0.224. The monoisotopic (exact) mass is 2230 g/mol. The van der Waals surface area contributed by atoms with Gasteiger partial charge < -0.3 is 52.3 Å². The van der Waals surface area contributed by atoms with Crippen LogP contribution in [0, 0.1) is 33.6 Å². The first-order valence-corrected chi connectivity index (χ1v) is 56.6. The van der Waals surface area contributed by atoms with E-state index in [4.69, 9.17) is 46.4 Å². The van der Waals surface area contributed by atoms with Crippen LogP contribution in [0.15, 0.2) is 254 Å². The van der Waals surface area contributed by atoms with Gasteiger partial charge in [-0.25, -0.2) is 91.7 Å². The van der Waals surface area contributed by atoms with Gasteiger partial charge in [0.1, 0.15) is 40.1 Å². The molecule has 8 aromatic heterocycles. The third kappa shape index (κ3) is 27.8. The molecule has 0 spiro atoms. The second kappa shape index (κ2) is 47.6. The molecule has 16 aromatic rings. The summed E-state index contributed by atoms with van der Waals surface area (Å²) in [5.41, 5.74) is 8.86. The Balaban J connectivity index is 0.000000148. The van der Waals surface area contributed by atoms with Crippen LogP contribution < -0.4 is 83.7 Å². The maximum absolute atomic E-state index is 13.4. The van der Waals surface area contributed by atoms with E-state index >= 15 is 0 Å². The van der Waals surface area contributed by atoms with E-state index < -0.39 is 64.2 Å². The lowest BCUT2D eigenvalue weighted by Gasteiger charge is -2.26. The number of likely N-dealkylation sites (N-methyl/N-ethyl adjacent to an activating group) is 1. The van der Waals surface area contributed by atoms with E-state index in [2.05, 4.69) is 79.2 Å². The van der Waals surface area contributed by atoms with E-state index in [1.807, 2.05) is 81.5 Å². The molecular formula is C98H98Cl4N22O16S8. The molecule has 2 fully saturated rings. The number of benzene rings is 8. The molecule has 1 aliphatic heterocycles. The van der Waals surface area contributed by atoms with E-state index in [0.29, 0.717) is 130 Å². The van der Waals surface area contributed by atoms with E-state index in [1.165, 1.54) is 98.9 Å². The minimum absolute atomic E-state index is 0.0672. The number of thiophene rings is 4. The predicted octanol–water partition coefficient (Wildman–Crippen LogP) is 18.2. The van der Waals surface area contributed by atoms with Gasteiger partial charge in [0, 0.05) is 84.8 Å². The largest absolute Gasteiger partial charge is 0.385 e. The number of nitrogens with zero attached hydrogens (tertiary/aromatic N) is 10. The van der Waals surface area contributed by atoms with Gasteiger partial charge in [-0.3, -0.25) is 37.4 Å². The van der Waals surface area contributed by atoms with Gasteiger partial charge in [-0.1, -0.05) is 59.7 Å². The molecule has 12 N–H and O–H groups in total. The Morgan fingerprint density at radius 1 is 0.345 bits per heavy atom. The molecule has 9 heterocycles. The Morgan fingerprint density at radius 3 is 0.851 bits per heavy atom. The van der Waals surface area contributed by atoms with Gasteiger partial charge in [0.05, 0.1) is 83.7 Å². The van der Waals surface area contributed by atoms with Crippen molar-refractivity contribution in [1.29, 1.82) is 0 Å². The number of amides is 8. The van der Waals surface area contributed by atoms with Crippen molar-refractivity contribution in [3.63, 3.8) is 0 Å². The maximum Gasteiger partial charge on any atom is 0.333 e. The van der Waals surface area contributed by atoms with Crippen molar-refractivity contribution in [2.45, 2.75) is 90.0 Å². The molecule has 8 amide bonds. The lowest BCUT2D eigenvalue weighted by atomic mass is 10.1. The number of likely N-dealkylation sites (tertiary alicyclic amines) is 1. The number of aromatic nitrogens is 8. The summed E-state index contributed by atoms with van der Waals surface area (Å²) in [6.45, 7) is 16.6. The van der Waals surface area contributed by atoms with Crippen LogP contribution in [0.5, 0.6) is 0 Å². The molecule has 1 aliphatic carbocycles. The highest BCUT2D eigenvalue weighted by atomic mass is 35.5. The quantitative estimate of drug-likeness (QED) is 0.0199. The molecule has 1 saturated heterocycles. The molecule has 148 heavy (non-hydrogen) atoms. The summed E-state index contributed by atoms with van der Waals surface area (Å²) < 4.78 is 113. The van der Waals surface area contributed by atoms with Crippen molar-refractivity contribution in [3.05, 3.63) is 300 Å². The van der Waals surface area contributed by atoms with Crippen molar-refractivity contribution in [2.24, 2.45) is 5.92 Å². The van der Waals surface area contributed by atoms with Crippen LogP contribution in [-0.2, 0) is 40.1 Å². The summed E-state index contributed by atoms with van der Waals surface area (Å²) in [7, 11) is -12.2. The second-order valence-corrected chi connectivity index (χ2v) is 48.6. The molecular weight excluding hydrogens is 2140 g/mol. The van der Waals surface area contributed by atoms with Gasteiger partial charge in [0.25, 0.3) is 62.3 Å². The molecule has 50 heteroatoms. The molecule has 0 atom stereocenters. The molecule has 0 unspecified atom stereocenters. The number of aryl methyl sites for hydroxylation is 4. The van der Waals surface area contributed by atoms with Gasteiger partial charge in [-0.2, -0.15) is 0 Å². The lowest BCUT2D eigenvalue weighted by molar-refractivity contribution is 0.237. The van der Waals surface area contributed by atoms with Gasteiger partial charge in [0.15, 0.2) is 0 Å². The highest BCUT2D eigenvalue weighted by Crippen LogP contribution is 2.34. The Hall–Kier alpha value is -13.7. The van der Waals surface area contributed by atoms with Crippen molar-refractivity contribution < 1.29 is 52.8 Å². The zero-order valence-corrected chi connectivity index (χ0v) is 89.6. The Bertz CT molecular complexity index is 8460. The number of piperidine rings is 1. The average molecular weight is 2240 g/mol. The second-order valence-electron chi connectivity index (χ2n) is 34.1. The number of anilines is 8. The number of fused-ring (bicyclic) bond motifs is 4. The summed E-state index contributed by atoms with van der Waals surface area (Å²) in [5.74, 6) is 2.78. The van der Waals surface area contributed by atoms with Gasteiger partial charge in [0.2, 0.25) is 0 Å². The SMILES string of the molecule is CCCNc1ccc2c(=O)n(-c3ccc(NC(=O)NS(=O)(=O)c4ccc(Cl)s4)cc3)c(C)nc2c1.Cc1nc2cc(NCC3CC3)ccc2c(=O)n1-c1ccc(NC(=O)NS(=O)(=O)c2ccc(Cl)s2)cc1.Cc1nc2cc(NCCN(C)C)ccc2c(=O)n1-c1ccc(NC(=O)NS(=O)(=O)c2ccc(Cl)s2)cc1.Cc1nc2cc(NCCN3CCCCC3)ccc2c(=O)n1-c1ccc(NC(=O)NS(=O)(=O)c2ccc(Cl)s2)cc1. The summed E-state index contributed by atoms with van der Waals surface area (Å²) >= 11 is 26.5. The Labute approximate surface area is 885 Å². The molecule has 38 nitrogen and oxygen atoms in total. The molecule has 8 aromatic carbocycles. The van der Waals surface area contributed by atoms with Gasteiger partial charge in [-0.15, -0.1) is 45.3 Å². The normalized spacial score (nSPS) is 12.7. The van der Waals surface area contributed by atoms with E-state index in [0.717, 1.165) is 133 Å². The zero-order valence-electron chi connectivity index (χ0n) is 80.0. The van der Waals surface area contributed by atoms with Crippen molar-refractivity contribution in [2.75, 3.05) is 109 Å². The number of rotatable bonds is 30. The molecule has 1 saturated carbocycles. The molecule has 772 valence electrons. The molecule has 2 aliphatic rings. The number of hydrogen-bond acceptors (Lipinski definition) is 30. The zero-order chi connectivity index (χ0) is 106. The average Bonchev–Trinajstić information content (AvgIpc) is 0.940. The number of sulfonamides is 4. The summed E-state index contributed by atoms with van der Waals surface area (Å²) in [6, 6.07) is 55.1. The summed E-state index contributed by atoms with van der Waals surface area (Å²) in [4.78, 5) is 125. The van der Waals surface area contributed by atoms with Crippen LogP contribution in [0.25, 0.3) is 66.4 Å². The highest BCUT2D eigenvalue weighted by molar-refractivity contribution is 7.93. The van der Waals surface area contributed by atoms with Crippen LogP contribution >= 0.6 is 91.8 Å². The molecule has 0 bridgehead atoms. The van der Waals surface area contributed by atoms with Crippen molar-refractivity contribution >= 4 is 245 Å². The van der Waals surface area contributed by atoms with Crippen LogP contribution in [0.4, 0.5) is 64.7 Å². The minimum Gasteiger partial charge on any atom is -0.385 e. The molecule has 0 radical (unpaired) electrons. The first-order valence-electron chi connectivity index (χ1n) is 45.8. The van der Waals surface area contributed by atoms with Crippen molar-refractivity contribution in [1.82, 2.24) is 66.9 Å². The van der Waals surface area contributed by atoms with Crippen LogP contribution in [0.2, 0.25) is 17.3 Å². The standard InChI is InChI=1S/C27H29ClN6O4S2.C24H25ClN6O4S2.C24H22ClN5O4S2.C23H22ClN5O4S2/c1-18-30-23-17-20(29-13-16-33-14-3-2-4-15-33)7-10-22(23)26(35)34(18)21-8-5-19(6-9-21)31-27(36)32-40(37,38)25-12-11-24(28)39-25;1-15-27-20-14-17(26-12-13-30(2)3)6-9-19(20)23(32)31(15)18-7-4-16(5-8-18)28-24(33)29-37(34,35)22-11-10-21(25)36-22;1-14-27-20-12-17(26-13-15-2-3-15)6-9-19(20)23(31)30(14)18-7-4-16(5-8-18)28-24(32)29-36(33,34)22-11-10-21(25)35-22;1-3-12-25-16-6-9-18-19(13-16)26-14(2)29(22(18)30)17-7-4-15(5-8-17)27-23(31)28-35(32,33)21-11-10-20(24)34-21/h5-12,17,29H,2-4,13-16H2,1H3,(H2,31,32,36);4-11,14,26H,12-13H2,1-3H3,(H2,28,29,33);4-12,15,26H,2-3,13H2,1H3,(H2,28,29,32);4-11,13,25H,3,12H2,1-2H3,(H2,27,28,31). The summed E-state index contributed by atoms with van der Waals surface area (Å²) in [5, 5.41) is 25.3. The molecule has 18 rings (SSSR count). The third-order valence-electron chi connectivity index (χ3n) is 22.8. The fourth-order valence-corrected chi connectivity index (χ4v) is 25.1.